The minimum absolute atomic E-state index is 0.101. The molecule has 0 spiro atoms. The summed E-state index contributed by atoms with van der Waals surface area (Å²) in [4.78, 5) is 4.83. The van der Waals surface area contributed by atoms with Gasteiger partial charge in [0, 0.05) is 43.0 Å². The van der Waals surface area contributed by atoms with Gasteiger partial charge in [-0.15, -0.1) is 0 Å². The fourth-order valence-corrected chi connectivity index (χ4v) is 4.59. The SMILES string of the molecule is CC(C)(c1ccc(N(CC2CO2)CC2CO2)cc1)c1cccc(N(CC2CO2)CC2CO2)c1. The lowest BCUT2D eigenvalue weighted by Crippen LogP contribution is -2.32. The summed E-state index contributed by atoms with van der Waals surface area (Å²) >= 11 is 0. The number of hydrogen-bond donors (Lipinski definition) is 0. The predicted molar refractivity (Wildman–Crippen MR) is 128 cm³/mol. The quantitative estimate of drug-likeness (QED) is 0.463. The Morgan fingerprint density at radius 1 is 0.636 bits per heavy atom. The molecule has 4 heterocycles. The average molecular weight is 451 g/mol. The zero-order valence-electron chi connectivity index (χ0n) is 19.6. The molecule has 0 saturated carbocycles. The van der Waals surface area contributed by atoms with Crippen molar-refractivity contribution in [3.63, 3.8) is 0 Å². The number of benzene rings is 2. The van der Waals surface area contributed by atoms with E-state index in [2.05, 4.69) is 72.2 Å². The van der Waals surface area contributed by atoms with Crippen molar-refractivity contribution < 1.29 is 18.9 Å². The predicted octanol–water partition coefficient (Wildman–Crippen LogP) is 3.22. The summed E-state index contributed by atoms with van der Waals surface area (Å²) in [5, 5.41) is 0. The van der Waals surface area contributed by atoms with Crippen LogP contribution in [0.25, 0.3) is 0 Å². The molecule has 4 aliphatic rings. The molecule has 33 heavy (non-hydrogen) atoms. The van der Waals surface area contributed by atoms with Crippen LogP contribution in [0.2, 0.25) is 0 Å². The van der Waals surface area contributed by atoms with Gasteiger partial charge < -0.3 is 28.7 Å². The van der Waals surface area contributed by atoms with Gasteiger partial charge >= 0.3 is 0 Å². The van der Waals surface area contributed by atoms with Crippen LogP contribution >= 0.6 is 0 Å². The third-order valence-corrected chi connectivity index (χ3v) is 7.19. The molecule has 0 bridgehead atoms. The van der Waals surface area contributed by atoms with E-state index in [4.69, 9.17) is 18.9 Å². The molecule has 4 atom stereocenters. The minimum atomic E-state index is -0.101. The molecular weight excluding hydrogens is 416 g/mol. The lowest BCUT2D eigenvalue weighted by molar-refractivity contribution is 0.388. The molecule has 2 aromatic carbocycles. The molecule has 6 rings (SSSR count). The van der Waals surface area contributed by atoms with E-state index >= 15 is 0 Å². The average Bonchev–Trinajstić information content (AvgIpc) is 3.62. The van der Waals surface area contributed by atoms with Crippen LogP contribution in [-0.2, 0) is 24.4 Å². The van der Waals surface area contributed by atoms with Crippen molar-refractivity contribution in [2.75, 3.05) is 62.4 Å². The summed E-state index contributed by atoms with van der Waals surface area (Å²) in [7, 11) is 0. The zero-order chi connectivity index (χ0) is 22.4. The first-order valence-corrected chi connectivity index (χ1v) is 12.2. The Hall–Kier alpha value is -2.12. The molecule has 4 fully saturated rings. The van der Waals surface area contributed by atoms with E-state index < -0.39 is 0 Å². The zero-order valence-corrected chi connectivity index (χ0v) is 19.6. The van der Waals surface area contributed by atoms with Gasteiger partial charge in [-0.1, -0.05) is 38.1 Å². The summed E-state index contributed by atoms with van der Waals surface area (Å²) < 4.78 is 22.0. The highest BCUT2D eigenvalue weighted by Gasteiger charge is 2.33. The van der Waals surface area contributed by atoms with Gasteiger partial charge in [0.25, 0.3) is 0 Å². The van der Waals surface area contributed by atoms with Crippen molar-refractivity contribution in [2.45, 2.75) is 43.7 Å². The van der Waals surface area contributed by atoms with Crippen LogP contribution in [0, 0.1) is 0 Å². The van der Waals surface area contributed by atoms with Crippen molar-refractivity contribution in [1.82, 2.24) is 0 Å². The topological polar surface area (TPSA) is 56.6 Å². The summed E-state index contributed by atoms with van der Waals surface area (Å²) in [6, 6.07) is 18.1. The lowest BCUT2D eigenvalue weighted by Gasteiger charge is -2.30. The van der Waals surface area contributed by atoms with Gasteiger partial charge in [-0.25, -0.2) is 0 Å². The fourth-order valence-electron chi connectivity index (χ4n) is 4.59. The Balaban J connectivity index is 1.20. The normalized spacial score (nSPS) is 27.2. The van der Waals surface area contributed by atoms with Gasteiger partial charge in [0.15, 0.2) is 0 Å². The van der Waals surface area contributed by atoms with Crippen LogP contribution in [0.4, 0.5) is 11.4 Å². The van der Waals surface area contributed by atoms with Gasteiger partial charge in [0.1, 0.15) is 0 Å². The van der Waals surface area contributed by atoms with Gasteiger partial charge in [0.2, 0.25) is 0 Å². The van der Waals surface area contributed by atoms with Crippen molar-refractivity contribution in [1.29, 1.82) is 0 Å². The van der Waals surface area contributed by atoms with Crippen LogP contribution in [0.15, 0.2) is 48.5 Å². The second-order valence-electron chi connectivity index (χ2n) is 10.4. The van der Waals surface area contributed by atoms with E-state index in [0.717, 1.165) is 52.6 Å². The maximum Gasteiger partial charge on any atom is 0.0984 e. The first-order valence-electron chi connectivity index (χ1n) is 12.2. The molecule has 4 aliphatic heterocycles. The first-order chi connectivity index (χ1) is 16.0. The highest BCUT2D eigenvalue weighted by Crippen LogP contribution is 2.35. The molecule has 6 heteroatoms. The van der Waals surface area contributed by atoms with E-state index in [0.29, 0.717) is 24.4 Å². The number of hydrogen-bond acceptors (Lipinski definition) is 6. The Kier molecular flexibility index (Phi) is 5.57. The van der Waals surface area contributed by atoms with Crippen molar-refractivity contribution in [2.24, 2.45) is 0 Å². The largest absolute Gasteiger partial charge is 0.371 e. The van der Waals surface area contributed by atoms with E-state index in [1.165, 1.54) is 22.5 Å². The third kappa shape index (κ3) is 5.35. The highest BCUT2D eigenvalue weighted by molar-refractivity contribution is 5.55. The molecule has 0 aliphatic carbocycles. The molecule has 6 nitrogen and oxygen atoms in total. The van der Waals surface area contributed by atoms with Gasteiger partial charge in [-0.05, 0) is 35.4 Å². The van der Waals surface area contributed by atoms with Crippen LogP contribution < -0.4 is 9.80 Å². The van der Waals surface area contributed by atoms with Crippen molar-refractivity contribution in [3.8, 4) is 0 Å². The third-order valence-electron chi connectivity index (χ3n) is 7.19. The molecule has 0 radical (unpaired) electrons. The first kappa shape index (κ1) is 21.4. The Morgan fingerprint density at radius 3 is 1.55 bits per heavy atom. The Labute approximate surface area is 196 Å². The minimum Gasteiger partial charge on any atom is -0.371 e. The van der Waals surface area contributed by atoms with Crippen LogP contribution in [0.3, 0.4) is 0 Å². The van der Waals surface area contributed by atoms with Crippen molar-refractivity contribution >= 4 is 11.4 Å². The molecule has 0 aromatic heterocycles. The maximum absolute atomic E-state index is 5.51. The monoisotopic (exact) mass is 450 g/mol. The van der Waals surface area contributed by atoms with E-state index in [-0.39, 0.29) is 5.41 Å². The summed E-state index contributed by atoms with van der Waals surface area (Å²) in [5.74, 6) is 0. The summed E-state index contributed by atoms with van der Waals surface area (Å²) in [6.45, 7) is 11.9. The number of nitrogens with zero attached hydrogens (tertiary/aromatic N) is 2. The molecular formula is C27H34N2O4. The molecule has 4 saturated heterocycles. The Bertz CT molecular complexity index is 934. The van der Waals surface area contributed by atoms with Crippen LogP contribution in [0.1, 0.15) is 25.0 Å². The van der Waals surface area contributed by atoms with Crippen LogP contribution in [0.5, 0.6) is 0 Å². The molecule has 176 valence electrons. The number of epoxide rings is 4. The van der Waals surface area contributed by atoms with Gasteiger partial charge in [-0.3, -0.25) is 0 Å². The molecule has 0 N–H and O–H groups in total. The van der Waals surface area contributed by atoms with Gasteiger partial charge in [0.05, 0.1) is 50.8 Å². The number of ether oxygens (including phenoxy) is 4. The maximum atomic E-state index is 5.51. The highest BCUT2D eigenvalue weighted by atomic mass is 16.6. The molecule has 2 aromatic rings. The van der Waals surface area contributed by atoms with Crippen molar-refractivity contribution in [3.05, 3.63) is 59.7 Å². The molecule has 4 unspecified atom stereocenters. The van der Waals surface area contributed by atoms with Crippen LogP contribution in [-0.4, -0.2) is 77.0 Å². The number of anilines is 2. The smallest absolute Gasteiger partial charge is 0.0984 e. The van der Waals surface area contributed by atoms with E-state index in [1.807, 2.05) is 0 Å². The standard InChI is InChI=1S/C27H34N2O4/c1-27(2,19-6-8-21(9-7-19)28(11-23-15-30-23)12-24-16-31-24)20-4-3-5-22(10-20)29(13-25-17-32-25)14-26-18-33-26/h3-10,23-26H,11-18H2,1-2H3. The summed E-state index contributed by atoms with van der Waals surface area (Å²) in [5.41, 5.74) is 5.03. The second kappa shape index (κ2) is 8.58. The second-order valence-corrected chi connectivity index (χ2v) is 10.4. The lowest BCUT2D eigenvalue weighted by atomic mass is 9.78. The van der Waals surface area contributed by atoms with E-state index in [9.17, 15) is 0 Å². The van der Waals surface area contributed by atoms with E-state index in [1.54, 1.807) is 0 Å². The molecule has 0 amide bonds. The summed E-state index contributed by atoms with van der Waals surface area (Å²) in [6.07, 6.45) is 1.45. The Morgan fingerprint density at radius 2 is 1.09 bits per heavy atom. The van der Waals surface area contributed by atoms with Gasteiger partial charge in [-0.2, -0.15) is 0 Å². The number of rotatable bonds is 12. The fraction of sp³-hybridized carbons (Fsp3) is 0.556.